The summed E-state index contributed by atoms with van der Waals surface area (Å²) in [5.41, 5.74) is 2.47. The van der Waals surface area contributed by atoms with Gasteiger partial charge in [0, 0.05) is 12.7 Å². The van der Waals surface area contributed by atoms with E-state index in [2.05, 4.69) is 23.7 Å². The Bertz CT molecular complexity index is 1260. The molecule has 0 spiro atoms. The fraction of sp³-hybridized carbons (Fsp3) is 0.370. The molecule has 1 atom stereocenters. The van der Waals surface area contributed by atoms with Crippen molar-refractivity contribution in [3.05, 3.63) is 71.2 Å². The van der Waals surface area contributed by atoms with Crippen LogP contribution in [0.25, 0.3) is 11.4 Å². The van der Waals surface area contributed by atoms with Gasteiger partial charge < -0.3 is 19.6 Å². The highest BCUT2D eigenvalue weighted by atomic mass is 16.5. The van der Waals surface area contributed by atoms with Crippen LogP contribution in [0, 0.1) is 6.92 Å². The van der Waals surface area contributed by atoms with Crippen LogP contribution in [0.4, 0.5) is 0 Å². The molecular weight excluding hydrogens is 444 g/mol. The number of aromatic nitrogens is 2. The molecule has 4 rings (SSSR count). The maximum absolute atomic E-state index is 13.3. The summed E-state index contributed by atoms with van der Waals surface area (Å²) >= 11 is 0. The van der Waals surface area contributed by atoms with Crippen molar-refractivity contribution in [3.63, 3.8) is 0 Å². The molecule has 1 saturated heterocycles. The topological polar surface area (TPSA) is 87.4 Å². The SMILES string of the molecule is CCN(CC)CCCN1C(=O)C(=O)C(=C(O)c2c(C)nc3ccccn23)[C@H]1c1ccc(OC)cc1. The second kappa shape index (κ2) is 10.3. The minimum atomic E-state index is -0.703. The lowest BCUT2D eigenvalue weighted by Gasteiger charge is -2.27. The summed E-state index contributed by atoms with van der Waals surface area (Å²) in [6.07, 6.45) is 2.50. The maximum atomic E-state index is 13.3. The molecule has 1 aromatic carbocycles. The van der Waals surface area contributed by atoms with Crippen molar-refractivity contribution >= 4 is 23.1 Å². The molecule has 3 aromatic rings. The van der Waals surface area contributed by atoms with E-state index in [1.165, 1.54) is 0 Å². The van der Waals surface area contributed by atoms with Gasteiger partial charge in [0.05, 0.1) is 24.4 Å². The molecule has 8 heteroatoms. The first kappa shape index (κ1) is 24.5. The van der Waals surface area contributed by atoms with Crippen LogP contribution in [0.3, 0.4) is 0 Å². The molecular formula is C27H32N4O4. The molecule has 35 heavy (non-hydrogen) atoms. The molecule has 1 fully saturated rings. The zero-order chi connectivity index (χ0) is 25.1. The van der Waals surface area contributed by atoms with E-state index in [4.69, 9.17) is 4.74 Å². The summed E-state index contributed by atoms with van der Waals surface area (Å²) in [6, 6.07) is 12.1. The van der Waals surface area contributed by atoms with E-state index < -0.39 is 17.7 Å². The van der Waals surface area contributed by atoms with Gasteiger partial charge in [0.2, 0.25) is 0 Å². The second-order valence-corrected chi connectivity index (χ2v) is 8.62. The number of hydrogen-bond donors (Lipinski definition) is 1. The van der Waals surface area contributed by atoms with Gasteiger partial charge >= 0.3 is 0 Å². The number of aliphatic hydroxyl groups is 1. The van der Waals surface area contributed by atoms with Crippen LogP contribution in [0.1, 0.15) is 43.3 Å². The number of methoxy groups -OCH3 is 1. The smallest absolute Gasteiger partial charge is 0.295 e. The summed E-state index contributed by atoms with van der Waals surface area (Å²) in [7, 11) is 1.59. The van der Waals surface area contributed by atoms with E-state index in [0.29, 0.717) is 29.3 Å². The van der Waals surface area contributed by atoms with Gasteiger partial charge in [-0.1, -0.05) is 32.0 Å². The summed E-state index contributed by atoms with van der Waals surface area (Å²) in [4.78, 5) is 34.9. The van der Waals surface area contributed by atoms with Crippen LogP contribution in [0.5, 0.6) is 5.75 Å². The van der Waals surface area contributed by atoms with Crippen molar-refractivity contribution in [2.45, 2.75) is 33.2 Å². The fourth-order valence-electron chi connectivity index (χ4n) is 4.77. The minimum absolute atomic E-state index is 0.0803. The van der Waals surface area contributed by atoms with Crippen molar-refractivity contribution in [1.29, 1.82) is 0 Å². The monoisotopic (exact) mass is 476 g/mol. The van der Waals surface area contributed by atoms with Gasteiger partial charge in [0.1, 0.15) is 17.1 Å². The van der Waals surface area contributed by atoms with Gasteiger partial charge in [-0.05, 0) is 62.8 Å². The van der Waals surface area contributed by atoms with Crippen LogP contribution >= 0.6 is 0 Å². The van der Waals surface area contributed by atoms with Gasteiger partial charge in [0.15, 0.2) is 5.76 Å². The van der Waals surface area contributed by atoms with E-state index in [9.17, 15) is 14.7 Å². The fourth-order valence-corrected chi connectivity index (χ4v) is 4.77. The molecule has 8 nitrogen and oxygen atoms in total. The first-order valence-electron chi connectivity index (χ1n) is 12.0. The number of ketones is 1. The summed E-state index contributed by atoms with van der Waals surface area (Å²) in [5.74, 6) is -0.827. The molecule has 0 bridgehead atoms. The number of Topliss-reactive ketones (excluding diaryl/α,β-unsaturated/α-hetero) is 1. The highest BCUT2D eigenvalue weighted by Crippen LogP contribution is 2.40. The molecule has 1 aliphatic heterocycles. The Morgan fingerprint density at radius 1 is 1.11 bits per heavy atom. The Labute approximate surface area is 205 Å². The number of rotatable bonds is 9. The van der Waals surface area contributed by atoms with Crippen LogP contribution in [0.15, 0.2) is 54.2 Å². The lowest BCUT2D eigenvalue weighted by molar-refractivity contribution is -0.140. The first-order chi connectivity index (χ1) is 16.9. The molecule has 1 N–H and O–H groups in total. The quantitative estimate of drug-likeness (QED) is 0.287. The number of fused-ring (bicyclic) bond motifs is 1. The van der Waals surface area contributed by atoms with Crippen LogP contribution in [0.2, 0.25) is 0 Å². The molecule has 184 valence electrons. The Balaban J connectivity index is 1.81. The second-order valence-electron chi connectivity index (χ2n) is 8.62. The normalized spacial score (nSPS) is 17.6. The Hall–Kier alpha value is -3.65. The number of ether oxygens (including phenoxy) is 1. The number of carbonyl (C=O) groups excluding carboxylic acids is 2. The average Bonchev–Trinajstić information content (AvgIpc) is 3.34. The van der Waals surface area contributed by atoms with Crippen molar-refractivity contribution in [1.82, 2.24) is 19.2 Å². The minimum Gasteiger partial charge on any atom is -0.505 e. The largest absolute Gasteiger partial charge is 0.505 e. The van der Waals surface area contributed by atoms with E-state index in [1.54, 1.807) is 41.7 Å². The summed E-state index contributed by atoms with van der Waals surface area (Å²) in [6.45, 7) is 9.05. The van der Waals surface area contributed by atoms with Crippen molar-refractivity contribution in [2.75, 3.05) is 33.3 Å². The van der Waals surface area contributed by atoms with Crippen molar-refractivity contribution in [3.8, 4) is 5.75 Å². The third kappa shape index (κ3) is 4.53. The average molecular weight is 477 g/mol. The number of benzene rings is 1. The van der Waals surface area contributed by atoms with Crippen molar-refractivity contribution < 1.29 is 19.4 Å². The Kier molecular flexibility index (Phi) is 7.21. The Morgan fingerprint density at radius 2 is 1.83 bits per heavy atom. The number of pyridine rings is 1. The maximum Gasteiger partial charge on any atom is 0.295 e. The van der Waals surface area contributed by atoms with Crippen LogP contribution in [-0.4, -0.2) is 69.3 Å². The third-order valence-corrected chi connectivity index (χ3v) is 6.67. The highest BCUT2D eigenvalue weighted by molar-refractivity contribution is 6.46. The lowest BCUT2D eigenvalue weighted by Crippen LogP contribution is -2.33. The van der Waals surface area contributed by atoms with E-state index >= 15 is 0 Å². The highest BCUT2D eigenvalue weighted by Gasteiger charge is 2.46. The zero-order valence-corrected chi connectivity index (χ0v) is 20.7. The molecule has 0 radical (unpaired) electrons. The molecule has 1 amide bonds. The number of nitrogens with zero attached hydrogens (tertiary/aromatic N) is 4. The number of imidazole rings is 1. The van der Waals surface area contributed by atoms with E-state index in [0.717, 1.165) is 31.6 Å². The summed E-state index contributed by atoms with van der Waals surface area (Å²) < 4.78 is 7.03. The number of hydrogen-bond acceptors (Lipinski definition) is 6. The lowest BCUT2D eigenvalue weighted by atomic mass is 9.96. The predicted octanol–water partition coefficient (Wildman–Crippen LogP) is 3.80. The predicted molar refractivity (Wildman–Crippen MR) is 134 cm³/mol. The molecule has 2 aromatic heterocycles. The molecule has 1 aliphatic rings. The first-order valence-corrected chi connectivity index (χ1v) is 12.0. The van der Waals surface area contributed by atoms with Gasteiger partial charge in [-0.25, -0.2) is 4.98 Å². The zero-order valence-electron chi connectivity index (χ0n) is 20.7. The number of aryl methyl sites for hydroxylation is 1. The van der Waals surface area contributed by atoms with Gasteiger partial charge in [-0.15, -0.1) is 0 Å². The molecule has 0 saturated carbocycles. The summed E-state index contributed by atoms with van der Waals surface area (Å²) in [5, 5.41) is 11.5. The number of amides is 1. The molecule has 0 unspecified atom stereocenters. The van der Waals surface area contributed by atoms with Crippen LogP contribution < -0.4 is 4.74 Å². The van der Waals surface area contributed by atoms with Crippen LogP contribution in [-0.2, 0) is 9.59 Å². The number of aliphatic hydroxyl groups excluding tert-OH is 1. The van der Waals surface area contributed by atoms with E-state index in [-0.39, 0.29) is 11.3 Å². The van der Waals surface area contributed by atoms with Gasteiger partial charge in [-0.2, -0.15) is 0 Å². The van der Waals surface area contributed by atoms with Gasteiger partial charge in [-0.3, -0.25) is 14.0 Å². The standard InChI is InChI=1S/C27H32N4O4/c1-5-29(6-2)15-9-17-31-24(19-11-13-20(35-4)14-12-19)22(26(33)27(31)34)25(32)23-18(3)28-21-10-7-8-16-30(21)23/h7-8,10-14,16,24,32H,5-6,9,15,17H2,1-4H3/t24-/m1/s1. The number of likely N-dealkylation sites (tertiary alicyclic amines) is 1. The van der Waals surface area contributed by atoms with E-state index in [1.807, 2.05) is 30.3 Å². The third-order valence-electron chi connectivity index (χ3n) is 6.67. The number of carbonyl (C=O) groups is 2. The molecule has 0 aliphatic carbocycles. The molecule has 3 heterocycles. The van der Waals surface area contributed by atoms with Gasteiger partial charge in [0.25, 0.3) is 11.7 Å². The van der Waals surface area contributed by atoms with Crippen molar-refractivity contribution in [2.24, 2.45) is 0 Å². The Morgan fingerprint density at radius 3 is 2.49 bits per heavy atom.